The third-order valence-corrected chi connectivity index (χ3v) is 6.63. The van der Waals surface area contributed by atoms with Gasteiger partial charge in [-0.05, 0) is 54.1 Å². The first-order valence-corrected chi connectivity index (χ1v) is 13.8. The maximum atomic E-state index is 13.6. The normalized spacial score (nSPS) is 10.3. The summed E-state index contributed by atoms with van der Waals surface area (Å²) in [7, 11) is 6.27. The number of anilines is 4. The second-order valence-electron chi connectivity index (χ2n) is 9.54. The molecule has 0 spiro atoms. The molecular weight excluding hydrogens is 560 g/mol. The molecule has 4 amide bonds. The van der Waals surface area contributed by atoms with Crippen LogP contribution in [0.4, 0.5) is 32.3 Å². The number of hydrogen-bond acceptors (Lipinski definition) is 6. The van der Waals surface area contributed by atoms with E-state index in [1.165, 1.54) is 9.80 Å². The molecule has 10 heteroatoms. The third kappa shape index (κ3) is 7.80. The molecule has 0 fully saturated rings. The number of amides is 4. The maximum absolute atomic E-state index is 13.6. The Morgan fingerprint density at radius 2 is 0.818 bits per heavy atom. The second-order valence-corrected chi connectivity index (χ2v) is 9.54. The molecule has 0 aromatic heterocycles. The van der Waals surface area contributed by atoms with Crippen molar-refractivity contribution < 1.29 is 28.5 Å². The van der Waals surface area contributed by atoms with Gasteiger partial charge in [0.15, 0.2) is 0 Å². The van der Waals surface area contributed by atoms with Crippen LogP contribution in [-0.4, -0.2) is 53.6 Å². The van der Waals surface area contributed by atoms with E-state index < -0.39 is 12.1 Å². The minimum absolute atomic E-state index is 0.113. The fraction of sp³-hybridized carbons (Fsp3) is 0.176. The van der Waals surface area contributed by atoms with Crippen molar-refractivity contribution in [1.82, 2.24) is 10.6 Å². The number of benzene rings is 4. The summed E-state index contributed by atoms with van der Waals surface area (Å²) >= 11 is 0. The quantitative estimate of drug-likeness (QED) is 0.177. The van der Waals surface area contributed by atoms with Gasteiger partial charge in [0.2, 0.25) is 0 Å². The van der Waals surface area contributed by atoms with Crippen LogP contribution in [0.3, 0.4) is 0 Å². The van der Waals surface area contributed by atoms with Crippen LogP contribution >= 0.6 is 0 Å². The standard InChI is InChI=1S/C34H36N4O6/c1-24(22-35-33(39)37(25-10-6-14-29(18-25)41-2)26-11-7-15-30(19-26)42-3)23-36-34(40)38(27-12-8-16-31(20-27)43-4)28-13-9-17-32(21-28)44-5/h6-21H,1,22-23H2,2-5H3,(H,35,39)(H,36,40). The lowest BCUT2D eigenvalue weighted by atomic mass is 10.2. The van der Waals surface area contributed by atoms with E-state index in [-0.39, 0.29) is 13.1 Å². The molecule has 4 rings (SSSR count). The largest absolute Gasteiger partial charge is 0.497 e. The van der Waals surface area contributed by atoms with Crippen molar-refractivity contribution in [2.45, 2.75) is 0 Å². The summed E-state index contributed by atoms with van der Waals surface area (Å²) in [4.78, 5) is 30.2. The highest BCUT2D eigenvalue weighted by atomic mass is 16.5. The molecule has 0 bridgehead atoms. The highest BCUT2D eigenvalue weighted by Gasteiger charge is 2.21. The summed E-state index contributed by atoms with van der Waals surface area (Å²) in [6.45, 7) is 4.30. The van der Waals surface area contributed by atoms with Crippen molar-refractivity contribution >= 4 is 34.8 Å². The highest BCUT2D eigenvalue weighted by Crippen LogP contribution is 2.32. The van der Waals surface area contributed by atoms with E-state index in [0.29, 0.717) is 51.3 Å². The zero-order chi connectivity index (χ0) is 31.5. The van der Waals surface area contributed by atoms with Crippen molar-refractivity contribution in [3.8, 4) is 23.0 Å². The smallest absolute Gasteiger partial charge is 0.326 e. The molecule has 44 heavy (non-hydrogen) atoms. The molecule has 4 aromatic carbocycles. The Hall–Kier alpha value is -5.64. The minimum Gasteiger partial charge on any atom is -0.497 e. The van der Waals surface area contributed by atoms with Crippen molar-refractivity contribution in [1.29, 1.82) is 0 Å². The van der Waals surface area contributed by atoms with Gasteiger partial charge >= 0.3 is 12.1 Å². The number of methoxy groups -OCH3 is 4. The summed E-state index contributed by atoms with van der Waals surface area (Å²) in [5.74, 6) is 2.41. The second kappa shape index (κ2) is 15.0. The third-order valence-electron chi connectivity index (χ3n) is 6.63. The molecule has 0 radical (unpaired) electrons. The van der Waals surface area contributed by atoms with Gasteiger partial charge in [0.1, 0.15) is 23.0 Å². The van der Waals surface area contributed by atoms with E-state index in [4.69, 9.17) is 18.9 Å². The molecule has 0 saturated heterocycles. The van der Waals surface area contributed by atoms with Crippen molar-refractivity contribution in [3.05, 3.63) is 109 Å². The Labute approximate surface area is 257 Å². The average Bonchev–Trinajstić information content (AvgIpc) is 3.07. The van der Waals surface area contributed by atoms with E-state index in [9.17, 15) is 9.59 Å². The molecule has 0 aliphatic rings. The molecule has 4 aromatic rings. The number of hydrogen-bond donors (Lipinski definition) is 2. The van der Waals surface area contributed by atoms with Crippen molar-refractivity contribution in [2.24, 2.45) is 0 Å². The van der Waals surface area contributed by atoms with Crippen LogP contribution in [0.2, 0.25) is 0 Å². The molecule has 0 aliphatic carbocycles. The SMILES string of the molecule is C=C(CNC(=O)N(c1cccc(OC)c1)c1cccc(OC)c1)CNC(=O)N(c1cccc(OC)c1)c1cccc(OC)c1. The number of nitrogens with one attached hydrogen (secondary N) is 2. The van der Waals surface area contributed by atoms with E-state index >= 15 is 0 Å². The first-order valence-electron chi connectivity index (χ1n) is 13.8. The fourth-order valence-corrected chi connectivity index (χ4v) is 4.39. The number of nitrogens with zero attached hydrogens (tertiary/aromatic N) is 2. The van der Waals surface area contributed by atoms with Gasteiger partial charge in [-0.1, -0.05) is 30.8 Å². The Morgan fingerprint density at radius 3 is 1.07 bits per heavy atom. The Morgan fingerprint density at radius 1 is 0.545 bits per heavy atom. The van der Waals surface area contributed by atoms with Gasteiger partial charge < -0.3 is 29.6 Å². The monoisotopic (exact) mass is 596 g/mol. The van der Waals surface area contributed by atoms with Crippen LogP contribution < -0.4 is 39.4 Å². The van der Waals surface area contributed by atoms with E-state index in [1.54, 1.807) is 101 Å². The van der Waals surface area contributed by atoms with E-state index in [1.807, 2.05) is 24.3 Å². The van der Waals surface area contributed by atoms with Gasteiger partial charge in [-0.25, -0.2) is 9.59 Å². The highest BCUT2D eigenvalue weighted by molar-refractivity contribution is 6.01. The number of ether oxygens (including phenoxy) is 4. The first-order chi connectivity index (χ1) is 21.4. The molecule has 0 saturated carbocycles. The molecule has 0 unspecified atom stereocenters. The lowest BCUT2D eigenvalue weighted by Gasteiger charge is -2.25. The Bertz CT molecular complexity index is 1400. The Kier molecular flexibility index (Phi) is 10.7. The van der Waals surface area contributed by atoms with Crippen molar-refractivity contribution in [3.63, 3.8) is 0 Å². The zero-order valence-corrected chi connectivity index (χ0v) is 25.2. The predicted molar refractivity (Wildman–Crippen MR) is 172 cm³/mol. The summed E-state index contributed by atoms with van der Waals surface area (Å²) < 4.78 is 21.5. The molecule has 228 valence electrons. The van der Waals surface area contributed by atoms with Crippen LogP contribution in [0.5, 0.6) is 23.0 Å². The molecule has 0 atom stereocenters. The Balaban J connectivity index is 1.48. The van der Waals surface area contributed by atoms with Gasteiger partial charge in [-0.15, -0.1) is 0 Å². The lowest BCUT2D eigenvalue weighted by molar-refractivity contribution is 0.249. The fourth-order valence-electron chi connectivity index (χ4n) is 4.39. The predicted octanol–water partition coefficient (Wildman–Crippen LogP) is 6.67. The van der Waals surface area contributed by atoms with E-state index in [2.05, 4.69) is 17.2 Å². The van der Waals surface area contributed by atoms with Crippen LogP contribution in [-0.2, 0) is 0 Å². The van der Waals surface area contributed by atoms with Crippen LogP contribution in [0, 0.1) is 0 Å². The number of carbonyl (C=O) groups excluding carboxylic acids is 2. The van der Waals surface area contributed by atoms with Gasteiger partial charge in [-0.2, -0.15) is 0 Å². The number of rotatable bonds is 12. The summed E-state index contributed by atoms with van der Waals surface area (Å²) in [5, 5.41) is 5.82. The van der Waals surface area contributed by atoms with Gasteiger partial charge in [0, 0.05) is 37.4 Å². The minimum atomic E-state index is -0.395. The van der Waals surface area contributed by atoms with Crippen LogP contribution in [0.1, 0.15) is 0 Å². The van der Waals surface area contributed by atoms with Crippen LogP contribution in [0.25, 0.3) is 0 Å². The molecule has 0 heterocycles. The maximum Gasteiger partial charge on any atom is 0.326 e. The molecular formula is C34H36N4O6. The average molecular weight is 597 g/mol. The molecule has 2 N–H and O–H groups in total. The lowest BCUT2D eigenvalue weighted by Crippen LogP contribution is -2.41. The molecule has 10 nitrogen and oxygen atoms in total. The van der Waals surface area contributed by atoms with Crippen molar-refractivity contribution in [2.75, 3.05) is 51.3 Å². The van der Waals surface area contributed by atoms with E-state index in [0.717, 1.165) is 0 Å². The first kappa shape index (κ1) is 31.3. The zero-order valence-electron chi connectivity index (χ0n) is 25.2. The van der Waals surface area contributed by atoms with Crippen LogP contribution in [0.15, 0.2) is 109 Å². The number of urea groups is 2. The van der Waals surface area contributed by atoms with Gasteiger partial charge in [-0.3, -0.25) is 9.80 Å². The van der Waals surface area contributed by atoms with Gasteiger partial charge in [0.25, 0.3) is 0 Å². The number of carbonyl (C=O) groups is 2. The summed E-state index contributed by atoms with van der Waals surface area (Å²) in [5.41, 5.74) is 2.98. The summed E-state index contributed by atoms with van der Waals surface area (Å²) in [6, 6.07) is 27.9. The molecule has 0 aliphatic heterocycles. The topological polar surface area (TPSA) is 102 Å². The van der Waals surface area contributed by atoms with Gasteiger partial charge in [0.05, 0.1) is 51.2 Å². The summed E-state index contributed by atoms with van der Waals surface area (Å²) in [6.07, 6.45) is 0.